The van der Waals surface area contributed by atoms with Crippen molar-refractivity contribution in [2.75, 3.05) is 20.1 Å². The average molecular weight is 417 g/mol. The van der Waals surface area contributed by atoms with E-state index in [1.165, 1.54) is 43.0 Å². The van der Waals surface area contributed by atoms with Crippen molar-refractivity contribution in [3.8, 4) is 0 Å². The summed E-state index contributed by atoms with van der Waals surface area (Å²) >= 11 is 6.11. The summed E-state index contributed by atoms with van der Waals surface area (Å²) in [5.74, 6) is -0.143. The molecule has 0 saturated heterocycles. The van der Waals surface area contributed by atoms with Crippen molar-refractivity contribution < 1.29 is 9.21 Å². The van der Waals surface area contributed by atoms with Crippen molar-refractivity contribution in [2.45, 2.75) is 44.7 Å². The third kappa shape index (κ3) is 4.31. The van der Waals surface area contributed by atoms with E-state index < -0.39 is 5.63 Å². The van der Waals surface area contributed by atoms with E-state index in [9.17, 15) is 9.59 Å². The molecule has 1 saturated carbocycles. The Labute approximate surface area is 173 Å². The molecule has 3 aromatic rings. The normalized spacial score (nSPS) is 15.4. The van der Waals surface area contributed by atoms with Gasteiger partial charge in [0, 0.05) is 29.5 Å². The summed E-state index contributed by atoms with van der Waals surface area (Å²) in [6.45, 7) is 1.43. The highest BCUT2D eigenvalue weighted by Gasteiger charge is 2.18. The zero-order valence-electron chi connectivity index (χ0n) is 16.5. The summed E-state index contributed by atoms with van der Waals surface area (Å²) < 4.78 is 6.86. The monoisotopic (exact) mass is 416 g/mol. The van der Waals surface area contributed by atoms with Crippen LogP contribution in [0.4, 0.5) is 0 Å². The summed E-state index contributed by atoms with van der Waals surface area (Å²) in [7, 11) is 2.12. The second kappa shape index (κ2) is 8.55. The van der Waals surface area contributed by atoms with Gasteiger partial charge < -0.3 is 14.6 Å². The smallest absolute Gasteiger partial charge is 0.347 e. The molecule has 154 valence electrons. The maximum atomic E-state index is 12.5. The van der Waals surface area contributed by atoms with Crippen LogP contribution in [0.15, 0.2) is 33.6 Å². The van der Waals surface area contributed by atoms with Gasteiger partial charge in [-0.15, -0.1) is 0 Å². The molecular formula is C21H25ClN4O3. The maximum Gasteiger partial charge on any atom is 0.347 e. The number of nitrogens with one attached hydrogen (secondary N) is 1. The van der Waals surface area contributed by atoms with Crippen LogP contribution in [0.3, 0.4) is 0 Å². The van der Waals surface area contributed by atoms with Crippen LogP contribution >= 0.6 is 11.6 Å². The second-order valence-corrected chi connectivity index (χ2v) is 8.15. The van der Waals surface area contributed by atoms with E-state index in [2.05, 4.69) is 22.4 Å². The predicted molar refractivity (Wildman–Crippen MR) is 113 cm³/mol. The lowest BCUT2D eigenvalue weighted by atomic mass is 9.94. The molecule has 0 radical (unpaired) electrons. The molecule has 1 amide bonds. The van der Waals surface area contributed by atoms with Crippen LogP contribution < -0.4 is 10.9 Å². The molecule has 2 heterocycles. The molecule has 1 N–H and O–H groups in total. The molecule has 0 bridgehead atoms. The minimum Gasteiger partial charge on any atom is -0.422 e. The van der Waals surface area contributed by atoms with Crippen LogP contribution in [0.1, 0.15) is 32.1 Å². The number of likely N-dealkylation sites (N-methyl/N-ethyl adjacent to an activating group) is 1. The van der Waals surface area contributed by atoms with Gasteiger partial charge in [-0.3, -0.25) is 9.48 Å². The first-order chi connectivity index (χ1) is 14.0. The Balaban J connectivity index is 1.45. The van der Waals surface area contributed by atoms with Crippen molar-refractivity contribution in [1.29, 1.82) is 0 Å². The Hall–Kier alpha value is -2.38. The van der Waals surface area contributed by atoms with Gasteiger partial charge in [-0.05, 0) is 38.1 Å². The molecule has 8 heteroatoms. The molecule has 2 aromatic heterocycles. The van der Waals surface area contributed by atoms with Gasteiger partial charge in [0.05, 0.1) is 11.7 Å². The Bertz CT molecular complexity index is 1080. The van der Waals surface area contributed by atoms with Crippen LogP contribution in [0.5, 0.6) is 0 Å². The Morgan fingerprint density at radius 3 is 2.90 bits per heavy atom. The van der Waals surface area contributed by atoms with Crippen molar-refractivity contribution in [1.82, 2.24) is 20.0 Å². The Kier molecular flexibility index (Phi) is 5.87. The Morgan fingerprint density at radius 2 is 2.10 bits per heavy atom. The van der Waals surface area contributed by atoms with Crippen LogP contribution in [0, 0.1) is 0 Å². The highest BCUT2D eigenvalue weighted by molar-refractivity contribution is 6.31. The minimum absolute atomic E-state index is 0.0295. The van der Waals surface area contributed by atoms with Crippen LogP contribution in [0.25, 0.3) is 21.9 Å². The first-order valence-corrected chi connectivity index (χ1v) is 10.5. The Morgan fingerprint density at radius 1 is 1.31 bits per heavy atom. The van der Waals surface area contributed by atoms with E-state index in [0.29, 0.717) is 39.5 Å². The molecule has 1 aromatic carbocycles. The fourth-order valence-electron chi connectivity index (χ4n) is 4.14. The summed E-state index contributed by atoms with van der Waals surface area (Å²) in [4.78, 5) is 27.0. The van der Waals surface area contributed by atoms with Gasteiger partial charge in [-0.1, -0.05) is 30.9 Å². The van der Waals surface area contributed by atoms with Gasteiger partial charge in [0.2, 0.25) is 5.91 Å². The van der Waals surface area contributed by atoms with E-state index in [0.717, 1.165) is 6.54 Å². The SMILES string of the molecule is CN(CCNC(=O)Cn1ncc2c(=O)oc3ccc(Cl)cc3c21)C1CCCCC1. The van der Waals surface area contributed by atoms with E-state index in [1.54, 1.807) is 18.2 Å². The number of carbonyl (C=O) groups excluding carboxylic acids is 1. The summed E-state index contributed by atoms with van der Waals surface area (Å²) in [5, 5.41) is 8.72. The average Bonchev–Trinajstić information content (AvgIpc) is 3.14. The topological polar surface area (TPSA) is 80.4 Å². The van der Waals surface area contributed by atoms with Gasteiger partial charge in [0.15, 0.2) is 0 Å². The third-order valence-corrected chi connectivity index (χ3v) is 5.97. The number of rotatable bonds is 6. The molecule has 4 rings (SSSR count). The first kappa shape index (κ1) is 19.9. The van der Waals surface area contributed by atoms with Gasteiger partial charge in [0.1, 0.15) is 17.5 Å². The highest BCUT2D eigenvalue weighted by Crippen LogP contribution is 2.25. The van der Waals surface area contributed by atoms with Crippen LogP contribution in [0.2, 0.25) is 5.02 Å². The van der Waals surface area contributed by atoms with Crippen LogP contribution in [-0.4, -0.2) is 46.8 Å². The zero-order valence-corrected chi connectivity index (χ0v) is 17.2. The van der Waals surface area contributed by atoms with E-state index in [-0.39, 0.29) is 12.5 Å². The maximum absolute atomic E-state index is 12.5. The number of halogens is 1. The number of hydrogen-bond donors (Lipinski definition) is 1. The summed E-state index contributed by atoms with van der Waals surface area (Å²) in [6.07, 6.45) is 7.83. The first-order valence-electron chi connectivity index (χ1n) is 10.1. The quantitative estimate of drug-likeness (QED) is 0.624. The minimum atomic E-state index is -0.476. The molecule has 1 aliphatic carbocycles. The van der Waals surface area contributed by atoms with Gasteiger partial charge in [0.25, 0.3) is 0 Å². The van der Waals surface area contributed by atoms with Gasteiger partial charge >= 0.3 is 5.63 Å². The highest BCUT2D eigenvalue weighted by atomic mass is 35.5. The molecule has 0 atom stereocenters. The predicted octanol–water partition coefficient (Wildman–Crippen LogP) is 3.18. The number of carbonyl (C=O) groups is 1. The molecule has 0 spiro atoms. The van der Waals surface area contributed by atoms with Crippen molar-refractivity contribution in [3.05, 3.63) is 39.8 Å². The lowest BCUT2D eigenvalue weighted by Gasteiger charge is -2.31. The number of hydrogen-bond acceptors (Lipinski definition) is 5. The van der Waals surface area contributed by atoms with Crippen molar-refractivity contribution >= 4 is 39.4 Å². The van der Waals surface area contributed by atoms with E-state index >= 15 is 0 Å². The largest absolute Gasteiger partial charge is 0.422 e. The molecular weight excluding hydrogens is 392 g/mol. The standard InChI is InChI=1S/C21H25ClN4O3/c1-25(15-5-3-2-4-6-15)10-9-23-19(27)13-26-20-16-11-14(22)7-8-18(16)29-21(28)17(20)12-24-26/h7-8,11-12,15H,2-6,9-10,13H2,1H3,(H,23,27). The molecule has 29 heavy (non-hydrogen) atoms. The summed E-state index contributed by atoms with van der Waals surface area (Å²) in [6, 6.07) is 5.65. The van der Waals surface area contributed by atoms with E-state index in [4.69, 9.17) is 16.0 Å². The van der Waals surface area contributed by atoms with Crippen molar-refractivity contribution in [3.63, 3.8) is 0 Å². The number of nitrogens with zero attached hydrogens (tertiary/aromatic N) is 3. The molecule has 0 unspecified atom stereocenters. The van der Waals surface area contributed by atoms with Gasteiger partial charge in [-0.25, -0.2) is 4.79 Å². The second-order valence-electron chi connectivity index (χ2n) is 7.72. The molecule has 1 aliphatic rings. The third-order valence-electron chi connectivity index (χ3n) is 5.74. The zero-order chi connectivity index (χ0) is 20.4. The van der Waals surface area contributed by atoms with Crippen molar-refractivity contribution in [2.24, 2.45) is 0 Å². The fourth-order valence-corrected chi connectivity index (χ4v) is 4.31. The number of benzene rings is 1. The molecule has 7 nitrogen and oxygen atoms in total. The lowest BCUT2D eigenvalue weighted by molar-refractivity contribution is -0.121. The fraction of sp³-hybridized carbons (Fsp3) is 0.476. The molecule has 0 aliphatic heterocycles. The number of aromatic nitrogens is 2. The summed E-state index contributed by atoms with van der Waals surface area (Å²) in [5.41, 5.74) is 0.506. The van der Waals surface area contributed by atoms with Crippen LogP contribution in [-0.2, 0) is 11.3 Å². The lowest BCUT2D eigenvalue weighted by Crippen LogP contribution is -2.40. The number of fused-ring (bicyclic) bond motifs is 3. The van der Waals surface area contributed by atoms with E-state index in [1.807, 2.05) is 0 Å². The van der Waals surface area contributed by atoms with Gasteiger partial charge in [-0.2, -0.15) is 5.10 Å². The number of amides is 1. The molecule has 1 fully saturated rings.